The summed E-state index contributed by atoms with van der Waals surface area (Å²) in [6.07, 6.45) is 0. The van der Waals surface area contributed by atoms with Crippen molar-refractivity contribution in [2.45, 2.75) is 13.8 Å². The van der Waals surface area contributed by atoms with Crippen LogP contribution in [0.5, 0.6) is 0 Å². The van der Waals surface area contributed by atoms with Gasteiger partial charge in [0.05, 0.1) is 16.3 Å². The van der Waals surface area contributed by atoms with Gasteiger partial charge in [0.25, 0.3) is 0 Å². The first-order valence-corrected chi connectivity index (χ1v) is 3.57. The summed E-state index contributed by atoms with van der Waals surface area (Å²) in [5.41, 5.74) is 2.00. The van der Waals surface area contributed by atoms with Gasteiger partial charge in [-0.2, -0.15) is 5.26 Å². The first kappa shape index (κ1) is 8.03. The summed E-state index contributed by atoms with van der Waals surface area (Å²) in [6, 6.07) is 3.68. The van der Waals surface area contributed by atoms with Crippen molar-refractivity contribution in [1.82, 2.24) is 4.98 Å². The lowest BCUT2D eigenvalue weighted by Crippen LogP contribution is -1.91. The van der Waals surface area contributed by atoms with Crippen molar-refractivity contribution >= 4 is 11.6 Å². The van der Waals surface area contributed by atoms with E-state index in [1.54, 1.807) is 13.0 Å². The molecule has 0 saturated carbocycles. The Morgan fingerprint density at radius 3 is 2.64 bits per heavy atom. The van der Waals surface area contributed by atoms with E-state index in [4.69, 9.17) is 16.9 Å². The van der Waals surface area contributed by atoms with Crippen molar-refractivity contribution in [3.8, 4) is 6.07 Å². The van der Waals surface area contributed by atoms with E-state index in [2.05, 4.69) is 4.98 Å². The fourth-order valence-corrected chi connectivity index (χ4v) is 1.25. The average Bonchev–Trinajstić information content (AvgIpc) is 1.85. The average molecular weight is 167 g/mol. The normalized spacial score (nSPS) is 9.27. The van der Waals surface area contributed by atoms with Crippen LogP contribution in [0.25, 0.3) is 0 Å². The molecular weight excluding hydrogens is 160 g/mol. The monoisotopic (exact) mass is 166 g/mol. The fourth-order valence-electron chi connectivity index (χ4n) is 0.915. The molecule has 0 N–H and O–H groups in total. The van der Waals surface area contributed by atoms with E-state index in [0.29, 0.717) is 16.3 Å². The highest BCUT2D eigenvalue weighted by Gasteiger charge is 2.04. The zero-order valence-electron chi connectivity index (χ0n) is 6.35. The third-order valence-electron chi connectivity index (χ3n) is 1.39. The highest BCUT2D eigenvalue weighted by molar-refractivity contribution is 6.31. The van der Waals surface area contributed by atoms with Crippen LogP contribution in [0.4, 0.5) is 0 Å². The molecule has 0 radical (unpaired) electrons. The molecule has 0 aliphatic heterocycles. The van der Waals surface area contributed by atoms with E-state index in [1.807, 2.05) is 13.0 Å². The van der Waals surface area contributed by atoms with Crippen molar-refractivity contribution in [3.63, 3.8) is 0 Å². The number of nitrogens with zero attached hydrogens (tertiary/aromatic N) is 2. The van der Waals surface area contributed by atoms with Gasteiger partial charge in [-0.15, -0.1) is 0 Å². The minimum atomic E-state index is 0.470. The first-order valence-electron chi connectivity index (χ1n) is 3.19. The summed E-state index contributed by atoms with van der Waals surface area (Å²) in [5, 5.41) is 9.10. The van der Waals surface area contributed by atoms with E-state index < -0.39 is 0 Å². The van der Waals surface area contributed by atoms with Crippen LogP contribution >= 0.6 is 11.6 Å². The second kappa shape index (κ2) is 2.89. The van der Waals surface area contributed by atoms with Crippen LogP contribution in [-0.2, 0) is 0 Å². The number of rotatable bonds is 0. The Kier molecular flexibility index (Phi) is 2.11. The minimum Gasteiger partial charge on any atom is -0.257 e. The minimum absolute atomic E-state index is 0.470. The smallest absolute Gasteiger partial charge is 0.103 e. The molecule has 1 heterocycles. The summed E-state index contributed by atoms with van der Waals surface area (Å²) in [4.78, 5) is 4.10. The molecule has 0 fully saturated rings. The number of nitriles is 1. The van der Waals surface area contributed by atoms with E-state index in [1.165, 1.54) is 0 Å². The summed E-state index contributed by atoms with van der Waals surface area (Å²) < 4.78 is 0. The molecule has 0 aromatic carbocycles. The number of hydrogen-bond acceptors (Lipinski definition) is 2. The molecule has 56 valence electrons. The Hall–Kier alpha value is -1.07. The molecule has 3 heteroatoms. The molecular formula is C8H7ClN2. The van der Waals surface area contributed by atoms with E-state index in [9.17, 15) is 0 Å². The number of hydrogen-bond donors (Lipinski definition) is 0. The highest BCUT2D eigenvalue weighted by Crippen LogP contribution is 2.17. The van der Waals surface area contributed by atoms with Crippen molar-refractivity contribution in [1.29, 1.82) is 5.26 Å². The lowest BCUT2D eigenvalue weighted by molar-refractivity contribution is 1.11. The van der Waals surface area contributed by atoms with Crippen molar-refractivity contribution in [2.24, 2.45) is 0 Å². The predicted molar refractivity (Wildman–Crippen MR) is 43.4 cm³/mol. The number of pyridine rings is 1. The molecule has 1 rings (SSSR count). The second-order valence-corrected chi connectivity index (χ2v) is 2.72. The molecule has 1 aromatic heterocycles. The van der Waals surface area contributed by atoms with Crippen molar-refractivity contribution < 1.29 is 0 Å². The number of halogens is 1. The Morgan fingerprint density at radius 2 is 2.18 bits per heavy atom. The third kappa shape index (κ3) is 1.50. The van der Waals surface area contributed by atoms with Crippen LogP contribution in [0.15, 0.2) is 6.07 Å². The molecule has 0 spiro atoms. The molecule has 0 unspecified atom stereocenters. The van der Waals surface area contributed by atoms with Crippen LogP contribution in [0.3, 0.4) is 0 Å². The zero-order chi connectivity index (χ0) is 8.43. The Morgan fingerprint density at radius 1 is 1.55 bits per heavy atom. The van der Waals surface area contributed by atoms with Gasteiger partial charge in [-0.3, -0.25) is 4.98 Å². The van der Waals surface area contributed by atoms with Crippen molar-refractivity contribution in [3.05, 3.63) is 28.0 Å². The van der Waals surface area contributed by atoms with E-state index in [0.717, 1.165) is 5.69 Å². The second-order valence-electron chi connectivity index (χ2n) is 2.32. The maximum atomic E-state index is 8.62. The topological polar surface area (TPSA) is 36.7 Å². The Balaban J connectivity index is 3.40. The number of aromatic nitrogens is 1. The standard InChI is InChI=1S/C8H7ClN2/c1-5-3-8(9)7(4-10)6(2)11-5/h3H,1-2H3. The molecule has 1 aromatic rings. The van der Waals surface area contributed by atoms with Gasteiger partial charge < -0.3 is 0 Å². The summed E-state index contributed by atoms with van der Waals surface area (Å²) >= 11 is 5.77. The predicted octanol–water partition coefficient (Wildman–Crippen LogP) is 2.22. The molecule has 0 bridgehead atoms. The summed E-state index contributed by atoms with van der Waals surface area (Å²) in [6.45, 7) is 3.62. The van der Waals surface area contributed by atoms with Gasteiger partial charge in [-0.05, 0) is 19.9 Å². The van der Waals surface area contributed by atoms with Gasteiger partial charge in [0.2, 0.25) is 0 Å². The Bertz CT molecular complexity index is 302. The highest BCUT2D eigenvalue weighted by atomic mass is 35.5. The maximum absolute atomic E-state index is 8.62. The molecule has 11 heavy (non-hydrogen) atoms. The largest absolute Gasteiger partial charge is 0.257 e. The van der Waals surface area contributed by atoms with Crippen LogP contribution in [0, 0.1) is 25.2 Å². The zero-order valence-corrected chi connectivity index (χ0v) is 7.11. The summed E-state index contributed by atoms with van der Waals surface area (Å²) in [7, 11) is 0. The number of aryl methyl sites for hydroxylation is 2. The fraction of sp³-hybridized carbons (Fsp3) is 0.250. The molecule has 0 aliphatic carbocycles. The van der Waals surface area contributed by atoms with Gasteiger partial charge in [-0.25, -0.2) is 0 Å². The maximum Gasteiger partial charge on any atom is 0.103 e. The lowest BCUT2D eigenvalue weighted by atomic mass is 10.2. The first-order chi connectivity index (χ1) is 5.15. The molecule has 2 nitrogen and oxygen atoms in total. The van der Waals surface area contributed by atoms with Gasteiger partial charge >= 0.3 is 0 Å². The van der Waals surface area contributed by atoms with E-state index in [-0.39, 0.29) is 0 Å². The van der Waals surface area contributed by atoms with Gasteiger partial charge in [0, 0.05) is 5.69 Å². The van der Waals surface area contributed by atoms with Crippen molar-refractivity contribution in [2.75, 3.05) is 0 Å². The Labute approximate surface area is 70.4 Å². The van der Waals surface area contributed by atoms with Crippen LogP contribution in [-0.4, -0.2) is 4.98 Å². The third-order valence-corrected chi connectivity index (χ3v) is 1.69. The summed E-state index contributed by atoms with van der Waals surface area (Å²) in [5.74, 6) is 0. The van der Waals surface area contributed by atoms with E-state index >= 15 is 0 Å². The molecule has 0 saturated heterocycles. The molecule has 0 aliphatic rings. The SMILES string of the molecule is Cc1cc(Cl)c(C#N)c(C)n1. The molecule has 0 atom stereocenters. The quantitative estimate of drug-likeness (QED) is 0.593. The molecule has 0 amide bonds. The van der Waals surface area contributed by atoms with Crippen LogP contribution in [0.2, 0.25) is 5.02 Å². The van der Waals surface area contributed by atoms with Gasteiger partial charge in [0.15, 0.2) is 0 Å². The van der Waals surface area contributed by atoms with Crippen LogP contribution in [0.1, 0.15) is 17.0 Å². The van der Waals surface area contributed by atoms with Crippen LogP contribution < -0.4 is 0 Å². The van der Waals surface area contributed by atoms with Gasteiger partial charge in [0.1, 0.15) is 6.07 Å². The lowest BCUT2D eigenvalue weighted by Gasteiger charge is -1.99. The van der Waals surface area contributed by atoms with Gasteiger partial charge in [-0.1, -0.05) is 11.6 Å².